The monoisotopic (exact) mass is 736 g/mol. The Balaban J connectivity index is 0. The Bertz CT molecular complexity index is 1100. The molecule has 2 aromatic rings. The molecule has 1 aliphatic carbocycles. The van der Waals surface area contributed by atoms with Crippen molar-refractivity contribution in [3.8, 4) is 11.1 Å². The summed E-state index contributed by atoms with van der Waals surface area (Å²) in [4.78, 5) is 27.1. The van der Waals surface area contributed by atoms with Crippen LogP contribution in [0.3, 0.4) is 0 Å². The van der Waals surface area contributed by atoms with Gasteiger partial charge in [-0.05, 0) is 123 Å². The lowest BCUT2D eigenvalue weighted by Gasteiger charge is -2.19. The van der Waals surface area contributed by atoms with Gasteiger partial charge >= 0.3 is 5.97 Å². The van der Waals surface area contributed by atoms with Gasteiger partial charge in [-0.3, -0.25) is 9.69 Å². The molecule has 282 valence electrons. The van der Waals surface area contributed by atoms with E-state index in [1.807, 2.05) is 88.4 Å². The number of hydrogen-bond acceptors (Lipinski definition) is 6. The molecule has 1 aliphatic heterocycles. The van der Waals surface area contributed by atoms with E-state index in [2.05, 4.69) is 44.0 Å². The molecule has 4 rings (SSSR count). The van der Waals surface area contributed by atoms with Gasteiger partial charge in [-0.25, -0.2) is 4.79 Å². The van der Waals surface area contributed by atoms with Gasteiger partial charge in [-0.1, -0.05) is 104 Å². The van der Waals surface area contributed by atoms with Crippen LogP contribution in [0.2, 0.25) is 0 Å². The topological polar surface area (TPSA) is 69.6 Å². The largest absolute Gasteiger partial charge is 0.480 e. The summed E-state index contributed by atoms with van der Waals surface area (Å²) in [6.45, 7) is 18.0. The van der Waals surface area contributed by atoms with Gasteiger partial charge < -0.3 is 10.4 Å². The second-order valence-corrected chi connectivity index (χ2v) is 15.7. The van der Waals surface area contributed by atoms with E-state index >= 15 is 0 Å². The van der Waals surface area contributed by atoms with Crippen LogP contribution in [0.1, 0.15) is 114 Å². The molecule has 2 aliphatic rings. The fraction of sp³-hybridized carbons (Fsp3) is 0.659. The minimum Gasteiger partial charge on any atom is -0.480 e. The van der Waals surface area contributed by atoms with Crippen LogP contribution in [0.25, 0.3) is 11.1 Å². The summed E-state index contributed by atoms with van der Waals surface area (Å²) < 4.78 is 0. The number of aliphatic carboxylic acids is 1. The second kappa shape index (κ2) is 32.3. The number of thioether (sulfide) groups is 3. The van der Waals surface area contributed by atoms with Gasteiger partial charge in [0.2, 0.25) is 0 Å². The number of aryl methyl sites for hydroxylation is 1. The first-order valence-corrected chi connectivity index (χ1v) is 22.9. The summed E-state index contributed by atoms with van der Waals surface area (Å²) in [5.74, 6) is 1.21. The smallest absolute Gasteiger partial charge is 0.326 e. The van der Waals surface area contributed by atoms with E-state index in [9.17, 15) is 14.7 Å². The van der Waals surface area contributed by atoms with E-state index in [1.54, 1.807) is 35.3 Å². The Morgan fingerprint density at radius 3 is 1.84 bits per heavy atom. The van der Waals surface area contributed by atoms with Crippen LogP contribution in [0, 0.1) is 18.8 Å². The van der Waals surface area contributed by atoms with Crippen LogP contribution in [0.15, 0.2) is 42.5 Å². The van der Waals surface area contributed by atoms with Crippen LogP contribution in [-0.2, 0) is 11.3 Å². The van der Waals surface area contributed by atoms with E-state index in [1.165, 1.54) is 50.5 Å². The van der Waals surface area contributed by atoms with Crippen LogP contribution < -0.4 is 5.32 Å². The summed E-state index contributed by atoms with van der Waals surface area (Å²) in [6, 6.07) is 13.0. The lowest BCUT2D eigenvalue weighted by atomic mass is 9.91. The average molecular weight is 737 g/mol. The van der Waals surface area contributed by atoms with Gasteiger partial charge in [-0.15, -0.1) is 0 Å². The third-order valence-corrected chi connectivity index (χ3v) is 8.12. The quantitative estimate of drug-likeness (QED) is 0.266. The second-order valence-electron chi connectivity index (χ2n) is 13.1. The molecule has 1 unspecified atom stereocenters. The van der Waals surface area contributed by atoms with E-state index in [0.29, 0.717) is 17.7 Å². The van der Waals surface area contributed by atoms with Crippen molar-refractivity contribution >= 4 is 47.2 Å². The summed E-state index contributed by atoms with van der Waals surface area (Å²) >= 11 is 5.07. The van der Waals surface area contributed by atoms with Gasteiger partial charge in [0.25, 0.3) is 5.91 Å². The number of amides is 1. The number of likely N-dealkylation sites (tertiary alicyclic amines) is 1. The van der Waals surface area contributed by atoms with E-state index in [4.69, 9.17) is 0 Å². The van der Waals surface area contributed by atoms with Crippen LogP contribution >= 0.6 is 35.3 Å². The van der Waals surface area contributed by atoms with E-state index < -0.39 is 12.0 Å². The molecule has 1 amide bonds. The summed E-state index contributed by atoms with van der Waals surface area (Å²) in [5.41, 5.74) is 4.63. The number of rotatable bonds is 9. The maximum atomic E-state index is 13.1. The van der Waals surface area contributed by atoms with Crippen molar-refractivity contribution in [1.82, 2.24) is 10.2 Å². The van der Waals surface area contributed by atoms with Gasteiger partial charge in [0.15, 0.2) is 0 Å². The highest BCUT2D eigenvalue weighted by molar-refractivity contribution is 7.98. The normalized spacial score (nSPS) is 14.5. The van der Waals surface area contributed by atoms with Crippen molar-refractivity contribution in [1.29, 1.82) is 0 Å². The molecular weight excluding hydrogens is 665 g/mol. The first-order chi connectivity index (χ1) is 23.4. The molecular formula is C41H72N2O3S3. The zero-order chi connectivity index (χ0) is 37.6. The van der Waals surface area contributed by atoms with Crippen molar-refractivity contribution < 1.29 is 14.7 Å². The number of carbonyl (C=O) groups excluding carboxylic acids is 1. The number of hydrogen-bond donors (Lipinski definition) is 2. The maximum absolute atomic E-state index is 13.1. The molecule has 1 saturated heterocycles. The molecule has 1 heterocycles. The molecule has 2 fully saturated rings. The molecule has 0 radical (unpaired) electrons. The first-order valence-electron chi connectivity index (χ1n) is 18.2. The zero-order valence-corrected chi connectivity index (χ0v) is 35.6. The predicted molar refractivity (Wildman–Crippen MR) is 226 cm³/mol. The number of benzene rings is 2. The molecule has 0 bridgehead atoms. The number of carbonyl (C=O) groups is 2. The van der Waals surface area contributed by atoms with Gasteiger partial charge in [-0.2, -0.15) is 35.3 Å². The Morgan fingerprint density at radius 1 is 0.857 bits per heavy atom. The fourth-order valence-corrected chi connectivity index (χ4v) is 5.69. The lowest BCUT2D eigenvalue weighted by molar-refractivity contribution is -0.139. The molecule has 2 N–H and O–H groups in total. The number of carboxylic acids is 1. The predicted octanol–water partition coefficient (Wildman–Crippen LogP) is 11.4. The molecule has 1 atom stereocenters. The van der Waals surface area contributed by atoms with Crippen molar-refractivity contribution in [2.75, 3.05) is 50.1 Å². The molecule has 2 aromatic carbocycles. The highest BCUT2D eigenvalue weighted by Gasteiger charge is 2.23. The standard InChI is InChI=1S/C24H30N2O3S.C7H14.C4H10.2C2H6S.C2H6/c1-17-7-3-4-8-19(17)21-15-18(16-26-12-5-6-13-26)9-10-20(21)23(27)25-22(24(28)29)11-14-30-2;1-7-5-3-2-4-6-7;1-4(2)3;2*1-3-2;1-2/h3-4,7-10,15,22H,5-6,11-14,16H2,1-2H3,(H,25,27)(H,28,29);7H,2-6H2,1H3;4H,1-3H3;2*1-2H3;1-2H3. The lowest BCUT2D eigenvalue weighted by Crippen LogP contribution is -2.41. The Hall–Kier alpha value is -1.61. The van der Waals surface area contributed by atoms with Crippen molar-refractivity contribution in [2.24, 2.45) is 11.8 Å². The Kier molecular flexibility index (Phi) is 32.6. The minimum atomic E-state index is -1.000. The van der Waals surface area contributed by atoms with Crippen molar-refractivity contribution in [2.45, 2.75) is 112 Å². The van der Waals surface area contributed by atoms with Crippen LogP contribution in [-0.4, -0.2) is 78.0 Å². The van der Waals surface area contributed by atoms with Crippen LogP contribution in [0.5, 0.6) is 0 Å². The number of carboxylic acid groups (broad SMARTS) is 1. The van der Waals surface area contributed by atoms with Gasteiger partial charge in [0.05, 0.1) is 0 Å². The first kappa shape index (κ1) is 49.5. The zero-order valence-electron chi connectivity index (χ0n) is 33.2. The third kappa shape index (κ3) is 24.3. The molecule has 1 saturated carbocycles. The maximum Gasteiger partial charge on any atom is 0.326 e. The Morgan fingerprint density at radius 2 is 1.39 bits per heavy atom. The molecule has 8 heteroatoms. The van der Waals surface area contributed by atoms with Crippen molar-refractivity contribution in [3.63, 3.8) is 0 Å². The minimum absolute atomic E-state index is 0.338. The van der Waals surface area contributed by atoms with Gasteiger partial charge in [0, 0.05) is 12.1 Å². The van der Waals surface area contributed by atoms with E-state index in [0.717, 1.165) is 48.2 Å². The number of nitrogens with one attached hydrogen (secondary N) is 1. The highest BCUT2D eigenvalue weighted by Crippen LogP contribution is 2.29. The molecule has 5 nitrogen and oxygen atoms in total. The highest BCUT2D eigenvalue weighted by atomic mass is 32.2. The third-order valence-electron chi connectivity index (χ3n) is 7.48. The average Bonchev–Trinajstić information content (AvgIpc) is 3.58. The summed E-state index contributed by atoms with van der Waals surface area (Å²) in [6.07, 6.45) is 20.4. The molecule has 49 heavy (non-hydrogen) atoms. The Labute approximate surface area is 315 Å². The number of nitrogens with zero attached hydrogens (tertiary/aromatic N) is 1. The van der Waals surface area contributed by atoms with E-state index in [-0.39, 0.29) is 5.91 Å². The SMILES string of the molecule is CC.CC(C)C.CC1CCCCC1.CSC.CSC.CSCCC(NC(=O)c1ccc(CN2CCCC2)cc1-c1ccccc1C)C(=O)O. The summed E-state index contributed by atoms with van der Waals surface area (Å²) in [5, 5.41) is 12.2. The molecule has 0 spiro atoms. The van der Waals surface area contributed by atoms with Gasteiger partial charge in [0.1, 0.15) is 6.04 Å². The van der Waals surface area contributed by atoms with Crippen LogP contribution in [0.4, 0.5) is 0 Å². The fourth-order valence-electron chi connectivity index (χ4n) is 5.22. The van der Waals surface area contributed by atoms with Crippen molar-refractivity contribution in [3.05, 3.63) is 59.2 Å². The summed E-state index contributed by atoms with van der Waals surface area (Å²) in [7, 11) is 0. The molecule has 0 aromatic heterocycles.